The third-order valence-electron chi connectivity index (χ3n) is 0.735. The molecule has 0 aliphatic rings. The van der Waals surface area contributed by atoms with Crippen molar-refractivity contribution in [3.63, 3.8) is 0 Å². The van der Waals surface area contributed by atoms with Gasteiger partial charge in [-0.2, -0.15) is 11.1 Å². The van der Waals surface area contributed by atoms with E-state index >= 15 is 0 Å². The molecule has 3 heteroatoms. The van der Waals surface area contributed by atoms with E-state index in [2.05, 4.69) is 43.8 Å². The Hall–Kier alpha value is 0.284. The van der Waals surface area contributed by atoms with Crippen molar-refractivity contribution < 1.29 is 0 Å². The van der Waals surface area contributed by atoms with E-state index in [1.807, 2.05) is 0 Å². The third-order valence-corrected chi connectivity index (χ3v) is 2.86. The van der Waals surface area contributed by atoms with Crippen molar-refractivity contribution in [2.75, 3.05) is 0 Å². The molecule has 0 saturated carbocycles. The fourth-order valence-corrected chi connectivity index (χ4v) is 3.45. The monoisotopic (exact) mass is 190 g/mol. The van der Waals surface area contributed by atoms with Gasteiger partial charge in [0.15, 0.2) is 0 Å². The summed E-state index contributed by atoms with van der Waals surface area (Å²) >= 11 is 6.03. The van der Waals surface area contributed by atoms with E-state index in [-0.39, 0.29) is 0 Å². The molecule has 0 aliphatic heterocycles. The highest BCUT2D eigenvalue weighted by Gasteiger charge is 2.14. The first-order valence-corrected chi connectivity index (χ1v) is 11.0. The van der Waals surface area contributed by atoms with Crippen LogP contribution in [0.15, 0.2) is 0 Å². The molecule has 0 unspecified atom stereocenters. The minimum Gasteiger partial charge on any atom is -0.151 e. The van der Waals surface area contributed by atoms with Gasteiger partial charge in [0.05, 0.1) is 0 Å². The van der Waals surface area contributed by atoms with Crippen LogP contribution in [-0.4, -0.2) is 15.5 Å². The van der Waals surface area contributed by atoms with Gasteiger partial charge in [-0.05, 0) is 13.1 Å². The van der Waals surface area contributed by atoms with E-state index in [1.165, 1.54) is 0 Å². The van der Waals surface area contributed by atoms with E-state index in [9.17, 15) is 0 Å². The van der Waals surface area contributed by atoms with Crippen LogP contribution < -0.4 is 0 Å². The lowest BCUT2D eigenvalue weighted by atomic mass is 11.4. The van der Waals surface area contributed by atoms with E-state index in [0.717, 1.165) is 0 Å². The van der Waals surface area contributed by atoms with Gasteiger partial charge in [-0.25, -0.2) is 0 Å². The van der Waals surface area contributed by atoms with Crippen molar-refractivity contribution in [1.29, 1.82) is 0 Å². The first kappa shape index (κ1) is 10.3. The second-order valence-corrected chi connectivity index (χ2v) is 14.8. The molecule has 58 valence electrons. The molecule has 0 aromatic heterocycles. The quantitative estimate of drug-likeness (QED) is 0.313. The summed E-state index contributed by atoms with van der Waals surface area (Å²) in [5.41, 5.74) is 6.46. The van der Waals surface area contributed by atoms with Gasteiger partial charge in [-0.1, -0.05) is 19.6 Å². The highest BCUT2D eigenvalue weighted by atomic mass is 35.6. The molecule has 0 aromatic carbocycles. The maximum Gasteiger partial charge on any atom is 0.227 e. The summed E-state index contributed by atoms with van der Waals surface area (Å²) in [5, 5.41) is 0. The molecule has 0 fully saturated rings. The number of rotatable bonds is 0. The molecule has 10 heavy (non-hydrogen) atoms. The minimum atomic E-state index is -1.62. The maximum absolute atomic E-state index is 6.03. The van der Waals surface area contributed by atoms with Gasteiger partial charge in [0.25, 0.3) is 0 Å². The molecule has 0 amide bonds. The number of hydrogen-bond donors (Lipinski definition) is 0. The van der Waals surface area contributed by atoms with Crippen LogP contribution in [0.4, 0.5) is 0 Å². The van der Waals surface area contributed by atoms with Crippen LogP contribution in [-0.2, 0) is 0 Å². The fourth-order valence-electron chi connectivity index (χ4n) is 0.336. The highest BCUT2D eigenvalue weighted by Crippen LogP contribution is 2.06. The first-order valence-electron chi connectivity index (χ1n) is 3.44. The molecular weight excluding hydrogens is 176 g/mol. The summed E-state index contributed by atoms with van der Waals surface area (Å²) in [6.07, 6.45) is 0. The summed E-state index contributed by atoms with van der Waals surface area (Å²) in [7, 11) is -2.80. The Bertz CT molecular complexity index is 145. The van der Waals surface area contributed by atoms with Crippen molar-refractivity contribution in [3.8, 4) is 11.1 Å². The van der Waals surface area contributed by atoms with Gasteiger partial charge in [-0.3, -0.25) is 0 Å². The normalized spacial score (nSPS) is 12.2. The van der Waals surface area contributed by atoms with Crippen LogP contribution in [0.25, 0.3) is 0 Å². The topological polar surface area (TPSA) is 0 Å². The predicted octanol–water partition coefficient (Wildman–Crippen LogP) is 2.85. The summed E-state index contributed by atoms with van der Waals surface area (Å²) < 4.78 is 0. The molecule has 0 radical (unpaired) electrons. The Kier molecular flexibility index (Phi) is 3.21. The lowest BCUT2D eigenvalue weighted by Crippen LogP contribution is -2.20. The Morgan fingerprint density at radius 2 is 1.30 bits per heavy atom. The molecule has 0 atom stereocenters. The Balaban J connectivity index is 4.19. The molecule has 0 spiro atoms. The standard InChI is InChI=1S/C7H15ClSi2/c1-9(2,3)6-7-10(4,5)8/h1-5H3. The lowest BCUT2D eigenvalue weighted by molar-refractivity contribution is 1.81. The summed E-state index contributed by atoms with van der Waals surface area (Å²) in [6.45, 7) is 10.8. The molecule has 0 N–H and O–H groups in total. The first-order chi connectivity index (χ1) is 4.21. The smallest absolute Gasteiger partial charge is 0.151 e. The molecule has 0 bridgehead atoms. The zero-order valence-electron chi connectivity index (χ0n) is 7.38. The number of hydrogen-bond acceptors (Lipinski definition) is 0. The average molecular weight is 191 g/mol. The Labute approximate surface area is 70.7 Å². The van der Waals surface area contributed by atoms with Gasteiger partial charge >= 0.3 is 0 Å². The molecule has 0 heterocycles. The third kappa shape index (κ3) is 8.28. The molecule has 0 rings (SSSR count). The van der Waals surface area contributed by atoms with Gasteiger partial charge in [0.2, 0.25) is 7.38 Å². The second kappa shape index (κ2) is 3.12. The van der Waals surface area contributed by atoms with Crippen LogP contribution in [0.3, 0.4) is 0 Å². The van der Waals surface area contributed by atoms with E-state index < -0.39 is 15.5 Å². The molecule has 0 saturated heterocycles. The zero-order chi connectivity index (χ0) is 8.41. The average Bonchev–Trinajstić information content (AvgIpc) is 1.57. The van der Waals surface area contributed by atoms with Crippen molar-refractivity contribution >= 4 is 26.5 Å². The van der Waals surface area contributed by atoms with E-state index in [0.29, 0.717) is 0 Å². The maximum atomic E-state index is 6.03. The van der Waals surface area contributed by atoms with Crippen LogP contribution in [0.5, 0.6) is 0 Å². The van der Waals surface area contributed by atoms with Crippen LogP contribution in [0.1, 0.15) is 0 Å². The Morgan fingerprint density at radius 3 is 1.40 bits per heavy atom. The Morgan fingerprint density at radius 1 is 0.900 bits per heavy atom. The van der Waals surface area contributed by atoms with Crippen molar-refractivity contribution in [2.45, 2.75) is 32.7 Å². The number of halogens is 1. The summed E-state index contributed by atoms with van der Waals surface area (Å²) in [4.78, 5) is 0. The second-order valence-electron chi connectivity index (χ2n) is 3.97. The van der Waals surface area contributed by atoms with Gasteiger partial charge in [-0.15, -0.1) is 11.1 Å². The van der Waals surface area contributed by atoms with E-state index in [1.54, 1.807) is 0 Å². The minimum absolute atomic E-state index is 1.18. The molecule has 0 aromatic rings. The van der Waals surface area contributed by atoms with Crippen LogP contribution >= 0.6 is 11.1 Å². The van der Waals surface area contributed by atoms with Crippen molar-refractivity contribution in [3.05, 3.63) is 0 Å². The molecule has 0 nitrogen and oxygen atoms in total. The van der Waals surface area contributed by atoms with Gasteiger partial charge in [0.1, 0.15) is 8.07 Å². The SMILES string of the molecule is C[Si](C)(C)C#C[Si](C)(C)Cl. The zero-order valence-corrected chi connectivity index (χ0v) is 10.1. The van der Waals surface area contributed by atoms with E-state index in [4.69, 9.17) is 11.1 Å². The fraction of sp³-hybridized carbons (Fsp3) is 0.714. The van der Waals surface area contributed by atoms with Gasteiger partial charge < -0.3 is 0 Å². The summed E-state index contributed by atoms with van der Waals surface area (Å²) in [6, 6.07) is 0. The van der Waals surface area contributed by atoms with Crippen molar-refractivity contribution in [1.82, 2.24) is 0 Å². The molecule has 0 aliphatic carbocycles. The van der Waals surface area contributed by atoms with Crippen LogP contribution in [0.2, 0.25) is 32.7 Å². The predicted molar refractivity (Wildman–Crippen MR) is 54.5 cm³/mol. The largest absolute Gasteiger partial charge is 0.227 e. The molecular formula is C7H15ClSi2. The van der Waals surface area contributed by atoms with Crippen molar-refractivity contribution in [2.24, 2.45) is 0 Å². The lowest BCUT2D eigenvalue weighted by Gasteiger charge is -2.06. The highest BCUT2D eigenvalue weighted by molar-refractivity contribution is 7.23. The van der Waals surface area contributed by atoms with Gasteiger partial charge in [0, 0.05) is 0 Å². The summed E-state index contributed by atoms with van der Waals surface area (Å²) in [5.74, 6) is 0. The van der Waals surface area contributed by atoms with Crippen LogP contribution in [0, 0.1) is 11.1 Å².